The predicted molar refractivity (Wildman–Crippen MR) is 67.2 cm³/mol. The van der Waals surface area contributed by atoms with Gasteiger partial charge in [-0.2, -0.15) is 0 Å². The van der Waals surface area contributed by atoms with E-state index in [1.807, 2.05) is 24.3 Å². The lowest BCUT2D eigenvalue weighted by Crippen LogP contribution is -2.07. The topological polar surface area (TPSA) is 47.0 Å². The number of nitrogens with one attached hydrogen (secondary N) is 1. The van der Waals surface area contributed by atoms with Crippen molar-refractivity contribution in [2.75, 3.05) is 19.0 Å². The Morgan fingerprint density at radius 2 is 2.12 bits per heavy atom. The largest absolute Gasteiger partial charge is 0.496 e. The van der Waals surface area contributed by atoms with Gasteiger partial charge in [0.25, 0.3) is 0 Å². The van der Waals surface area contributed by atoms with Crippen LogP contribution in [0.25, 0.3) is 0 Å². The Labute approximate surface area is 101 Å². The molecule has 1 aromatic carbocycles. The van der Waals surface area contributed by atoms with Crippen molar-refractivity contribution in [1.29, 1.82) is 0 Å². The van der Waals surface area contributed by atoms with E-state index in [0.29, 0.717) is 0 Å². The van der Waals surface area contributed by atoms with Crippen LogP contribution in [0.1, 0.15) is 5.56 Å². The molecule has 2 aromatic rings. The molecule has 1 N–H and O–H groups in total. The monoisotopic (exact) mass is 229 g/mol. The van der Waals surface area contributed by atoms with E-state index in [1.165, 1.54) is 11.9 Å². The quantitative estimate of drug-likeness (QED) is 0.853. The highest BCUT2D eigenvalue weighted by molar-refractivity contribution is 5.36. The van der Waals surface area contributed by atoms with Gasteiger partial charge in [-0.15, -0.1) is 0 Å². The number of methoxy groups -OCH3 is 1. The Bertz CT molecular complexity index is 459. The van der Waals surface area contributed by atoms with E-state index in [1.54, 1.807) is 13.3 Å². The third-order valence-electron chi connectivity index (χ3n) is 2.47. The van der Waals surface area contributed by atoms with E-state index in [0.717, 1.165) is 24.5 Å². The average Bonchev–Trinajstić information content (AvgIpc) is 2.40. The lowest BCUT2D eigenvalue weighted by atomic mass is 10.1. The molecule has 0 aliphatic rings. The van der Waals surface area contributed by atoms with Gasteiger partial charge in [-0.3, -0.25) is 0 Å². The molecule has 0 radical (unpaired) electrons. The first-order valence-electron chi connectivity index (χ1n) is 5.52. The highest BCUT2D eigenvalue weighted by atomic mass is 16.5. The van der Waals surface area contributed by atoms with Crippen LogP contribution in [-0.4, -0.2) is 23.6 Å². The summed E-state index contributed by atoms with van der Waals surface area (Å²) in [5.74, 6) is 1.77. The molecule has 0 aliphatic heterocycles. The fraction of sp³-hybridized carbons (Fsp3) is 0.231. The summed E-state index contributed by atoms with van der Waals surface area (Å²) in [4.78, 5) is 7.97. The van der Waals surface area contributed by atoms with Crippen LogP contribution in [-0.2, 0) is 6.42 Å². The molecule has 0 spiro atoms. The molecule has 1 aromatic heterocycles. The Kier molecular flexibility index (Phi) is 3.91. The minimum atomic E-state index is 0.817. The molecule has 0 saturated carbocycles. The van der Waals surface area contributed by atoms with Crippen LogP contribution in [0.2, 0.25) is 0 Å². The number of ether oxygens (including phenoxy) is 1. The molecule has 4 nitrogen and oxygen atoms in total. The van der Waals surface area contributed by atoms with Crippen molar-refractivity contribution in [1.82, 2.24) is 9.97 Å². The summed E-state index contributed by atoms with van der Waals surface area (Å²) in [6, 6.07) is 9.88. The van der Waals surface area contributed by atoms with Gasteiger partial charge in [-0.25, -0.2) is 9.97 Å². The molecular formula is C13H15N3O. The summed E-state index contributed by atoms with van der Waals surface area (Å²) < 4.78 is 5.29. The second-order valence-electron chi connectivity index (χ2n) is 3.58. The molecule has 4 heteroatoms. The Morgan fingerprint density at radius 1 is 1.24 bits per heavy atom. The van der Waals surface area contributed by atoms with Crippen molar-refractivity contribution in [2.24, 2.45) is 0 Å². The lowest BCUT2D eigenvalue weighted by Gasteiger charge is -2.08. The highest BCUT2D eigenvalue weighted by Crippen LogP contribution is 2.17. The van der Waals surface area contributed by atoms with Crippen molar-refractivity contribution < 1.29 is 4.74 Å². The van der Waals surface area contributed by atoms with E-state index in [4.69, 9.17) is 4.74 Å². The summed E-state index contributed by atoms with van der Waals surface area (Å²) in [6.07, 6.45) is 4.15. The van der Waals surface area contributed by atoms with Crippen molar-refractivity contribution in [2.45, 2.75) is 6.42 Å². The molecular weight excluding hydrogens is 214 g/mol. The van der Waals surface area contributed by atoms with Crippen LogP contribution in [0, 0.1) is 0 Å². The number of nitrogens with zero attached hydrogens (tertiary/aromatic N) is 2. The predicted octanol–water partition coefficient (Wildman–Crippen LogP) is 2.14. The fourth-order valence-electron chi connectivity index (χ4n) is 1.63. The van der Waals surface area contributed by atoms with Gasteiger partial charge in [-0.05, 0) is 24.1 Å². The maximum Gasteiger partial charge on any atom is 0.129 e. The van der Waals surface area contributed by atoms with Gasteiger partial charge in [-0.1, -0.05) is 18.2 Å². The number of hydrogen-bond donors (Lipinski definition) is 1. The van der Waals surface area contributed by atoms with E-state index in [2.05, 4.69) is 21.4 Å². The van der Waals surface area contributed by atoms with E-state index >= 15 is 0 Å². The van der Waals surface area contributed by atoms with Crippen LogP contribution in [0.3, 0.4) is 0 Å². The number of hydrogen-bond acceptors (Lipinski definition) is 4. The summed E-state index contributed by atoms with van der Waals surface area (Å²) in [7, 11) is 1.69. The molecule has 88 valence electrons. The Balaban J connectivity index is 1.90. The maximum absolute atomic E-state index is 5.29. The van der Waals surface area contributed by atoms with Crippen LogP contribution < -0.4 is 10.1 Å². The SMILES string of the molecule is COc1ccccc1CCNc1ccncn1. The summed E-state index contributed by atoms with van der Waals surface area (Å²) in [5.41, 5.74) is 1.19. The molecule has 1 heterocycles. The zero-order chi connectivity index (χ0) is 11.9. The molecule has 0 saturated heterocycles. The Hall–Kier alpha value is -2.10. The third kappa shape index (κ3) is 3.17. The molecule has 0 amide bonds. The molecule has 17 heavy (non-hydrogen) atoms. The first-order chi connectivity index (χ1) is 8.40. The molecule has 0 fully saturated rings. The zero-order valence-corrected chi connectivity index (χ0v) is 9.76. The van der Waals surface area contributed by atoms with Crippen LogP contribution in [0.4, 0.5) is 5.82 Å². The fourth-order valence-corrected chi connectivity index (χ4v) is 1.63. The highest BCUT2D eigenvalue weighted by Gasteiger charge is 2.00. The second-order valence-corrected chi connectivity index (χ2v) is 3.58. The molecule has 2 rings (SSSR count). The van der Waals surface area contributed by atoms with E-state index in [-0.39, 0.29) is 0 Å². The molecule has 0 bridgehead atoms. The third-order valence-corrected chi connectivity index (χ3v) is 2.47. The van der Waals surface area contributed by atoms with Crippen LogP contribution >= 0.6 is 0 Å². The maximum atomic E-state index is 5.29. The standard InChI is InChI=1S/C13H15N3O/c1-17-12-5-3-2-4-11(12)6-9-15-13-7-8-14-10-16-13/h2-5,7-8,10H,6,9H2,1H3,(H,14,15,16). The number of benzene rings is 1. The van der Waals surface area contributed by atoms with Gasteiger partial charge in [0, 0.05) is 12.7 Å². The second kappa shape index (κ2) is 5.84. The molecule has 0 aliphatic carbocycles. The number of rotatable bonds is 5. The van der Waals surface area contributed by atoms with Gasteiger partial charge in [0.05, 0.1) is 7.11 Å². The Morgan fingerprint density at radius 3 is 2.88 bits per heavy atom. The van der Waals surface area contributed by atoms with Crippen molar-refractivity contribution >= 4 is 5.82 Å². The molecule has 0 atom stereocenters. The minimum Gasteiger partial charge on any atom is -0.496 e. The average molecular weight is 229 g/mol. The van der Waals surface area contributed by atoms with Gasteiger partial charge in [0.2, 0.25) is 0 Å². The van der Waals surface area contributed by atoms with E-state index in [9.17, 15) is 0 Å². The van der Waals surface area contributed by atoms with Crippen LogP contribution in [0.15, 0.2) is 42.9 Å². The smallest absolute Gasteiger partial charge is 0.129 e. The van der Waals surface area contributed by atoms with Crippen molar-refractivity contribution in [3.05, 3.63) is 48.4 Å². The van der Waals surface area contributed by atoms with Crippen LogP contribution in [0.5, 0.6) is 5.75 Å². The summed E-state index contributed by atoms with van der Waals surface area (Å²) in [5, 5.41) is 3.24. The van der Waals surface area contributed by atoms with Gasteiger partial charge < -0.3 is 10.1 Å². The lowest BCUT2D eigenvalue weighted by molar-refractivity contribution is 0.410. The summed E-state index contributed by atoms with van der Waals surface area (Å²) >= 11 is 0. The first-order valence-corrected chi connectivity index (χ1v) is 5.52. The van der Waals surface area contributed by atoms with Gasteiger partial charge >= 0.3 is 0 Å². The zero-order valence-electron chi connectivity index (χ0n) is 9.76. The van der Waals surface area contributed by atoms with Gasteiger partial charge in [0.15, 0.2) is 0 Å². The van der Waals surface area contributed by atoms with Crippen molar-refractivity contribution in [3.63, 3.8) is 0 Å². The number of aromatic nitrogens is 2. The first kappa shape index (κ1) is 11.4. The van der Waals surface area contributed by atoms with E-state index < -0.39 is 0 Å². The number of anilines is 1. The molecule has 0 unspecified atom stereocenters. The van der Waals surface area contributed by atoms with Gasteiger partial charge in [0.1, 0.15) is 17.9 Å². The summed E-state index contributed by atoms with van der Waals surface area (Å²) in [6.45, 7) is 0.817. The minimum absolute atomic E-state index is 0.817. The van der Waals surface area contributed by atoms with Crippen molar-refractivity contribution in [3.8, 4) is 5.75 Å². The normalized spacial score (nSPS) is 9.94. The number of para-hydroxylation sites is 1.